The topological polar surface area (TPSA) is 62.7 Å². The summed E-state index contributed by atoms with van der Waals surface area (Å²) in [6, 6.07) is 0.535. The molecule has 1 saturated carbocycles. The van der Waals surface area contributed by atoms with E-state index in [0.717, 1.165) is 29.8 Å². The van der Waals surface area contributed by atoms with Gasteiger partial charge in [0.1, 0.15) is 0 Å². The van der Waals surface area contributed by atoms with E-state index in [0.29, 0.717) is 12.6 Å². The number of nitrogens with one attached hydrogen (secondary N) is 2. The first kappa shape index (κ1) is 16.6. The Hall–Kier alpha value is -0.750. The lowest BCUT2D eigenvalue weighted by molar-refractivity contribution is 0.285. The summed E-state index contributed by atoms with van der Waals surface area (Å²) in [7, 11) is 0. The predicted molar refractivity (Wildman–Crippen MR) is 87.9 cm³/mol. The van der Waals surface area contributed by atoms with Gasteiger partial charge in [0.05, 0.1) is 0 Å². The molecular formula is C15H28N4OS. The van der Waals surface area contributed by atoms with Gasteiger partial charge in [-0.25, -0.2) is 9.89 Å². The van der Waals surface area contributed by atoms with Crippen LogP contribution in [0, 0.1) is 5.92 Å². The van der Waals surface area contributed by atoms with Crippen molar-refractivity contribution in [1.29, 1.82) is 0 Å². The zero-order valence-electron chi connectivity index (χ0n) is 13.2. The van der Waals surface area contributed by atoms with E-state index in [2.05, 4.69) is 22.4 Å². The molecule has 6 heteroatoms. The first-order valence-electron chi connectivity index (χ1n) is 8.27. The molecule has 0 aliphatic heterocycles. The lowest BCUT2D eigenvalue weighted by Gasteiger charge is -2.30. The molecular weight excluding hydrogens is 284 g/mol. The Bertz CT molecular complexity index is 464. The van der Waals surface area contributed by atoms with Crippen LogP contribution in [0.3, 0.4) is 0 Å². The number of H-pyrrole nitrogens is 1. The van der Waals surface area contributed by atoms with Crippen molar-refractivity contribution in [3.8, 4) is 0 Å². The summed E-state index contributed by atoms with van der Waals surface area (Å²) in [6.45, 7) is 5.94. The van der Waals surface area contributed by atoms with Gasteiger partial charge < -0.3 is 5.32 Å². The average molecular weight is 312 g/mol. The minimum Gasteiger partial charge on any atom is -0.313 e. The molecule has 21 heavy (non-hydrogen) atoms. The molecule has 1 fully saturated rings. The standard InChI is InChI=1S/C15H28N4OS/c1-3-10-16-13(12-8-6-5-7-9-12)11-21-15-18-17-14(20)19(15)4-2/h12-13,16H,3-11H2,1-2H3,(H,17,20). The third kappa shape index (κ3) is 4.61. The van der Waals surface area contributed by atoms with Crippen LogP contribution in [0.4, 0.5) is 0 Å². The minimum atomic E-state index is -0.101. The van der Waals surface area contributed by atoms with E-state index in [4.69, 9.17) is 0 Å². The Balaban J connectivity index is 1.95. The molecule has 2 N–H and O–H groups in total. The van der Waals surface area contributed by atoms with Crippen molar-refractivity contribution < 1.29 is 0 Å². The average Bonchev–Trinajstić information content (AvgIpc) is 2.88. The van der Waals surface area contributed by atoms with E-state index in [-0.39, 0.29) is 5.69 Å². The minimum absolute atomic E-state index is 0.101. The summed E-state index contributed by atoms with van der Waals surface area (Å²) in [5.74, 6) is 1.77. The van der Waals surface area contributed by atoms with E-state index in [9.17, 15) is 4.79 Å². The third-order valence-electron chi connectivity index (χ3n) is 4.31. The highest BCUT2D eigenvalue weighted by Crippen LogP contribution is 2.29. The van der Waals surface area contributed by atoms with Gasteiger partial charge in [-0.15, -0.1) is 5.10 Å². The largest absolute Gasteiger partial charge is 0.343 e. The zero-order chi connectivity index (χ0) is 15.1. The molecule has 1 aliphatic rings. The lowest BCUT2D eigenvalue weighted by Crippen LogP contribution is -2.39. The van der Waals surface area contributed by atoms with Crippen molar-refractivity contribution >= 4 is 11.8 Å². The fraction of sp³-hybridized carbons (Fsp3) is 0.867. The van der Waals surface area contributed by atoms with Gasteiger partial charge in [0, 0.05) is 18.3 Å². The van der Waals surface area contributed by atoms with E-state index in [1.54, 1.807) is 16.3 Å². The van der Waals surface area contributed by atoms with E-state index >= 15 is 0 Å². The number of thioether (sulfide) groups is 1. The fourth-order valence-electron chi connectivity index (χ4n) is 3.08. The Morgan fingerprint density at radius 3 is 2.81 bits per heavy atom. The molecule has 1 aliphatic carbocycles. The molecule has 1 aromatic rings. The fourth-order valence-corrected chi connectivity index (χ4v) is 4.28. The van der Waals surface area contributed by atoms with Crippen LogP contribution in [0.15, 0.2) is 9.95 Å². The van der Waals surface area contributed by atoms with Crippen molar-refractivity contribution in [3.05, 3.63) is 10.5 Å². The maximum atomic E-state index is 11.6. The monoisotopic (exact) mass is 312 g/mol. The first-order chi connectivity index (χ1) is 10.3. The van der Waals surface area contributed by atoms with Crippen LogP contribution in [0.25, 0.3) is 0 Å². The van der Waals surface area contributed by atoms with E-state index < -0.39 is 0 Å². The number of hydrogen-bond donors (Lipinski definition) is 2. The van der Waals surface area contributed by atoms with Crippen molar-refractivity contribution in [2.45, 2.75) is 70.1 Å². The SMILES string of the molecule is CCCNC(CSc1n[nH]c(=O)n1CC)C1CCCCC1. The molecule has 120 valence electrons. The summed E-state index contributed by atoms with van der Waals surface area (Å²) in [4.78, 5) is 11.6. The number of aromatic amines is 1. The van der Waals surface area contributed by atoms with Crippen LogP contribution in [-0.2, 0) is 6.54 Å². The Kier molecular flexibility index (Phi) is 6.83. The second-order valence-electron chi connectivity index (χ2n) is 5.83. The van der Waals surface area contributed by atoms with Crippen molar-refractivity contribution in [2.75, 3.05) is 12.3 Å². The molecule has 0 saturated heterocycles. The number of hydrogen-bond acceptors (Lipinski definition) is 4. The molecule has 0 bridgehead atoms. The van der Waals surface area contributed by atoms with Gasteiger partial charge in [-0.3, -0.25) is 4.57 Å². The molecule has 1 aromatic heterocycles. The van der Waals surface area contributed by atoms with Gasteiger partial charge in [0.2, 0.25) is 0 Å². The maximum absolute atomic E-state index is 11.6. The summed E-state index contributed by atoms with van der Waals surface area (Å²) in [5, 5.41) is 11.2. The highest BCUT2D eigenvalue weighted by atomic mass is 32.2. The molecule has 1 unspecified atom stereocenters. The van der Waals surface area contributed by atoms with Crippen LogP contribution < -0.4 is 11.0 Å². The third-order valence-corrected chi connectivity index (χ3v) is 5.40. The number of aromatic nitrogens is 3. The summed E-state index contributed by atoms with van der Waals surface area (Å²) in [6.07, 6.45) is 7.95. The Labute approximate surface area is 131 Å². The van der Waals surface area contributed by atoms with Crippen molar-refractivity contribution in [3.63, 3.8) is 0 Å². The zero-order valence-corrected chi connectivity index (χ0v) is 14.0. The maximum Gasteiger partial charge on any atom is 0.343 e. The van der Waals surface area contributed by atoms with Gasteiger partial charge in [-0.1, -0.05) is 37.9 Å². The van der Waals surface area contributed by atoms with Crippen LogP contribution in [0.1, 0.15) is 52.4 Å². The molecule has 2 rings (SSSR count). The van der Waals surface area contributed by atoms with Crippen molar-refractivity contribution in [2.24, 2.45) is 5.92 Å². The quantitative estimate of drug-likeness (QED) is 0.724. The molecule has 0 radical (unpaired) electrons. The van der Waals surface area contributed by atoms with Crippen molar-refractivity contribution in [1.82, 2.24) is 20.1 Å². The lowest BCUT2D eigenvalue weighted by atomic mass is 9.84. The van der Waals surface area contributed by atoms with Crippen LogP contribution in [0.5, 0.6) is 0 Å². The Morgan fingerprint density at radius 2 is 2.14 bits per heavy atom. The first-order valence-corrected chi connectivity index (χ1v) is 9.26. The highest BCUT2D eigenvalue weighted by Gasteiger charge is 2.24. The molecule has 5 nitrogen and oxygen atoms in total. The summed E-state index contributed by atoms with van der Waals surface area (Å²) < 4.78 is 1.71. The molecule has 1 atom stereocenters. The highest BCUT2D eigenvalue weighted by molar-refractivity contribution is 7.99. The number of nitrogens with zero attached hydrogens (tertiary/aromatic N) is 2. The van der Waals surface area contributed by atoms with E-state index in [1.165, 1.54) is 32.1 Å². The van der Waals surface area contributed by atoms with Gasteiger partial charge >= 0.3 is 5.69 Å². The van der Waals surface area contributed by atoms with Crippen LogP contribution >= 0.6 is 11.8 Å². The van der Waals surface area contributed by atoms with E-state index in [1.807, 2.05) is 6.92 Å². The molecule has 0 spiro atoms. The van der Waals surface area contributed by atoms with Gasteiger partial charge in [0.15, 0.2) is 5.16 Å². The van der Waals surface area contributed by atoms with Crippen LogP contribution in [0.2, 0.25) is 0 Å². The normalized spacial score (nSPS) is 18.0. The smallest absolute Gasteiger partial charge is 0.313 e. The predicted octanol–water partition coefficient (Wildman–Crippen LogP) is 2.63. The molecule has 1 heterocycles. The number of rotatable bonds is 8. The summed E-state index contributed by atoms with van der Waals surface area (Å²) in [5.41, 5.74) is -0.101. The van der Waals surface area contributed by atoms with Gasteiger partial charge in [-0.2, -0.15) is 0 Å². The Morgan fingerprint density at radius 1 is 1.38 bits per heavy atom. The van der Waals surface area contributed by atoms with Gasteiger partial charge in [0.25, 0.3) is 0 Å². The molecule has 0 amide bonds. The van der Waals surface area contributed by atoms with Crippen LogP contribution in [-0.4, -0.2) is 33.1 Å². The summed E-state index contributed by atoms with van der Waals surface area (Å²) >= 11 is 1.70. The van der Waals surface area contributed by atoms with Gasteiger partial charge in [-0.05, 0) is 38.6 Å². The molecule has 0 aromatic carbocycles. The second-order valence-corrected chi connectivity index (χ2v) is 6.81. The second kappa shape index (κ2) is 8.63.